The highest BCUT2D eigenvalue weighted by Gasteiger charge is 2.09. The Labute approximate surface area is 109 Å². The maximum Gasteiger partial charge on any atom is 0.257 e. The number of carbonyl (C=O) groups is 1. The Balaban J connectivity index is 2.10. The van der Waals surface area contributed by atoms with Crippen molar-refractivity contribution in [3.05, 3.63) is 34.2 Å². The van der Waals surface area contributed by atoms with Gasteiger partial charge in [-0.3, -0.25) is 9.48 Å². The molecule has 0 radical (unpaired) electrons. The van der Waals surface area contributed by atoms with E-state index in [2.05, 4.69) is 22.3 Å². The van der Waals surface area contributed by atoms with Gasteiger partial charge in [-0.05, 0) is 6.07 Å². The van der Waals surface area contributed by atoms with Crippen LogP contribution in [0.4, 0.5) is 5.82 Å². The Hall–Kier alpha value is -2.10. The van der Waals surface area contributed by atoms with Crippen LogP contribution in [0.3, 0.4) is 0 Å². The second-order valence-electron chi connectivity index (χ2n) is 3.50. The molecule has 6 heteroatoms. The quantitative estimate of drug-likeness (QED) is 0.793. The maximum atomic E-state index is 11.9. The van der Waals surface area contributed by atoms with Gasteiger partial charge in [0.05, 0.1) is 23.2 Å². The SMILES string of the molecule is Cn1nccc1NC(=O)c1csc(C#CCN)c1. The monoisotopic (exact) mass is 260 g/mol. The minimum absolute atomic E-state index is 0.171. The van der Waals surface area contributed by atoms with Crippen molar-refractivity contribution in [2.75, 3.05) is 11.9 Å². The summed E-state index contributed by atoms with van der Waals surface area (Å²) in [7, 11) is 1.77. The largest absolute Gasteiger partial charge is 0.320 e. The number of rotatable bonds is 2. The fourth-order valence-electron chi connectivity index (χ4n) is 1.34. The smallest absolute Gasteiger partial charge is 0.257 e. The van der Waals surface area contributed by atoms with E-state index < -0.39 is 0 Å². The zero-order chi connectivity index (χ0) is 13.0. The lowest BCUT2D eigenvalue weighted by molar-refractivity contribution is 0.102. The molecule has 0 saturated carbocycles. The van der Waals surface area contributed by atoms with Crippen molar-refractivity contribution in [3.8, 4) is 11.8 Å². The number of aryl methyl sites for hydroxylation is 1. The standard InChI is InChI=1S/C12H12N4OS/c1-16-11(4-6-14-16)15-12(17)9-7-10(18-8-9)3-2-5-13/h4,6-8H,5,13H2,1H3,(H,15,17). The molecule has 0 atom stereocenters. The summed E-state index contributed by atoms with van der Waals surface area (Å²) in [6.45, 7) is 0.314. The van der Waals surface area contributed by atoms with Gasteiger partial charge in [-0.25, -0.2) is 0 Å². The fraction of sp³-hybridized carbons (Fsp3) is 0.167. The first kappa shape index (κ1) is 12.4. The average molecular weight is 260 g/mol. The predicted molar refractivity (Wildman–Crippen MR) is 71.4 cm³/mol. The van der Waals surface area contributed by atoms with Crippen molar-refractivity contribution in [1.82, 2.24) is 9.78 Å². The van der Waals surface area contributed by atoms with Gasteiger partial charge in [0.15, 0.2) is 0 Å². The molecule has 0 aliphatic rings. The molecule has 0 spiro atoms. The van der Waals surface area contributed by atoms with E-state index in [0.29, 0.717) is 17.9 Å². The third kappa shape index (κ3) is 2.77. The number of nitrogens with two attached hydrogens (primary N) is 1. The van der Waals surface area contributed by atoms with Gasteiger partial charge in [-0.2, -0.15) is 5.10 Å². The molecular weight excluding hydrogens is 248 g/mol. The van der Waals surface area contributed by atoms with Crippen LogP contribution in [0.25, 0.3) is 0 Å². The highest BCUT2D eigenvalue weighted by molar-refractivity contribution is 7.10. The fourth-order valence-corrected chi connectivity index (χ4v) is 2.10. The Morgan fingerprint density at radius 1 is 1.67 bits per heavy atom. The lowest BCUT2D eigenvalue weighted by Gasteiger charge is -2.02. The summed E-state index contributed by atoms with van der Waals surface area (Å²) in [5.74, 6) is 6.13. The van der Waals surface area contributed by atoms with Gasteiger partial charge in [0, 0.05) is 18.5 Å². The topological polar surface area (TPSA) is 72.9 Å². The molecule has 0 aromatic carbocycles. The van der Waals surface area contributed by atoms with Crippen LogP contribution in [-0.4, -0.2) is 22.2 Å². The van der Waals surface area contributed by atoms with Crippen LogP contribution >= 0.6 is 11.3 Å². The number of aromatic nitrogens is 2. The van der Waals surface area contributed by atoms with E-state index >= 15 is 0 Å². The third-order valence-electron chi connectivity index (χ3n) is 2.24. The second kappa shape index (κ2) is 5.49. The van der Waals surface area contributed by atoms with E-state index in [1.807, 2.05) is 0 Å². The summed E-state index contributed by atoms with van der Waals surface area (Å²) in [6, 6.07) is 3.48. The van der Waals surface area contributed by atoms with Gasteiger partial charge in [0.1, 0.15) is 5.82 Å². The number of hydrogen-bond acceptors (Lipinski definition) is 4. The van der Waals surface area contributed by atoms with Crippen LogP contribution in [0.1, 0.15) is 15.2 Å². The first-order chi connectivity index (χ1) is 8.70. The lowest BCUT2D eigenvalue weighted by Crippen LogP contribution is -2.13. The highest BCUT2D eigenvalue weighted by atomic mass is 32.1. The number of thiophene rings is 1. The van der Waals surface area contributed by atoms with Crippen LogP contribution in [-0.2, 0) is 7.05 Å². The number of nitrogens with zero attached hydrogens (tertiary/aromatic N) is 2. The molecule has 0 aliphatic heterocycles. The second-order valence-corrected chi connectivity index (χ2v) is 4.41. The molecule has 0 saturated heterocycles. The van der Waals surface area contributed by atoms with Gasteiger partial charge >= 0.3 is 0 Å². The Bertz CT molecular complexity index is 617. The summed E-state index contributed by atoms with van der Waals surface area (Å²) in [6.07, 6.45) is 1.63. The van der Waals surface area contributed by atoms with E-state index in [0.717, 1.165) is 4.88 Å². The van der Waals surface area contributed by atoms with Gasteiger partial charge in [-0.1, -0.05) is 11.8 Å². The summed E-state index contributed by atoms with van der Waals surface area (Å²) >= 11 is 1.42. The van der Waals surface area contributed by atoms with Crippen LogP contribution in [0.2, 0.25) is 0 Å². The number of nitrogens with one attached hydrogen (secondary N) is 1. The number of anilines is 1. The van der Waals surface area contributed by atoms with Crippen LogP contribution in [0, 0.1) is 11.8 Å². The number of hydrogen-bond donors (Lipinski definition) is 2. The molecular formula is C12H12N4OS. The van der Waals surface area contributed by atoms with Gasteiger partial charge < -0.3 is 11.1 Å². The van der Waals surface area contributed by atoms with Crippen LogP contribution in [0.5, 0.6) is 0 Å². The normalized spacial score (nSPS) is 9.67. The summed E-state index contributed by atoms with van der Waals surface area (Å²) in [5.41, 5.74) is 5.88. The van der Waals surface area contributed by atoms with Crippen molar-refractivity contribution in [3.63, 3.8) is 0 Å². The molecule has 18 heavy (non-hydrogen) atoms. The molecule has 3 N–H and O–H groups in total. The van der Waals surface area contributed by atoms with Crippen molar-refractivity contribution in [1.29, 1.82) is 0 Å². The van der Waals surface area contributed by atoms with Gasteiger partial charge in [0.2, 0.25) is 0 Å². The van der Waals surface area contributed by atoms with Crippen molar-refractivity contribution >= 4 is 23.1 Å². The van der Waals surface area contributed by atoms with E-state index in [-0.39, 0.29) is 5.91 Å². The van der Waals surface area contributed by atoms with Crippen molar-refractivity contribution in [2.24, 2.45) is 12.8 Å². The van der Waals surface area contributed by atoms with E-state index in [9.17, 15) is 4.79 Å². The third-order valence-corrected chi connectivity index (χ3v) is 3.08. The van der Waals surface area contributed by atoms with E-state index in [1.165, 1.54) is 11.3 Å². The molecule has 2 heterocycles. The summed E-state index contributed by atoms with van der Waals surface area (Å²) < 4.78 is 1.60. The predicted octanol–water partition coefficient (Wildman–Crippen LogP) is 1.04. The Morgan fingerprint density at radius 3 is 3.17 bits per heavy atom. The molecule has 2 aromatic rings. The van der Waals surface area contributed by atoms with Gasteiger partial charge in [0.25, 0.3) is 5.91 Å². The molecule has 5 nitrogen and oxygen atoms in total. The van der Waals surface area contributed by atoms with Crippen LogP contribution in [0.15, 0.2) is 23.7 Å². The molecule has 1 amide bonds. The number of carbonyl (C=O) groups excluding carboxylic acids is 1. The molecule has 0 aliphatic carbocycles. The minimum Gasteiger partial charge on any atom is -0.320 e. The first-order valence-electron chi connectivity index (χ1n) is 5.27. The molecule has 2 aromatic heterocycles. The first-order valence-corrected chi connectivity index (χ1v) is 6.15. The number of amides is 1. The average Bonchev–Trinajstić information content (AvgIpc) is 2.97. The Kier molecular flexibility index (Phi) is 3.77. The van der Waals surface area contributed by atoms with Crippen molar-refractivity contribution in [2.45, 2.75) is 0 Å². The zero-order valence-electron chi connectivity index (χ0n) is 9.80. The molecule has 0 bridgehead atoms. The Morgan fingerprint density at radius 2 is 2.50 bits per heavy atom. The molecule has 0 fully saturated rings. The summed E-state index contributed by atoms with van der Waals surface area (Å²) in [4.78, 5) is 12.8. The highest BCUT2D eigenvalue weighted by Crippen LogP contribution is 2.15. The molecule has 2 rings (SSSR count). The van der Waals surface area contributed by atoms with Gasteiger partial charge in [-0.15, -0.1) is 11.3 Å². The van der Waals surface area contributed by atoms with Crippen LogP contribution < -0.4 is 11.1 Å². The maximum absolute atomic E-state index is 11.9. The zero-order valence-corrected chi connectivity index (χ0v) is 10.6. The minimum atomic E-state index is -0.171. The van der Waals surface area contributed by atoms with E-state index in [4.69, 9.17) is 5.73 Å². The lowest BCUT2D eigenvalue weighted by atomic mass is 10.3. The van der Waals surface area contributed by atoms with Crippen molar-refractivity contribution < 1.29 is 4.79 Å². The van der Waals surface area contributed by atoms with E-state index in [1.54, 1.807) is 35.4 Å². The molecule has 92 valence electrons. The summed E-state index contributed by atoms with van der Waals surface area (Å²) in [5, 5.41) is 8.52. The molecule has 0 unspecified atom stereocenters.